The minimum absolute atomic E-state index is 0.119. The Bertz CT molecular complexity index is 716. The van der Waals surface area contributed by atoms with Gasteiger partial charge in [-0.15, -0.1) is 5.10 Å². The van der Waals surface area contributed by atoms with Crippen LogP contribution in [0.2, 0.25) is 5.02 Å². The van der Waals surface area contributed by atoms with Crippen LogP contribution >= 0.6 is 11.6 Å². The van der Waals surface area contributed by atoms with Gasteiger partial charge in [0.15, 0.2) is 5.82 Å². The van der Waals surface area contributed by atoms with Crippen LogP contribution in [0.1, 0.15) is 31.2 Å². The Morgan fingerprint density at radius 2 is 1.92 bits per heavy atom. The van der Waals surface area contributed by atoms with Crippen LogP contribution in [-0.2, 0) is 6.18 Å². The SMILES string of the molecule is FC(F)(F)c1cc(Nc2nncc(NC3CCCC3)n2)ccc1Cl. The maximum Gasteiger partial charge on any atom is 0.417 e. The summed E-state index contributed by atoms with van der Waals surface area (Å²) in [4.78, 5) is 4.24. The Morgan fingerprint density at radius 3 is 2.62 bits per heavy atom. The Labute approximate surface area is 141 Å². The van der Waals surface area contributed by atoms with Crippen LogP contribution in [0.3, 0.4) is 0 Å². The minimum atomic E-state index is -4.53. The van der Waals surface area contributed by atoms with Gasteiger partial charge in [0.1, 0.15) is 0 Å². The Hall–Kier alpha value is -2.09. The van der Waals surface area contributed by atoms with E-state index in [1.165, 1.54) is 31.2 Å². The van der Waals surface area contributed by atoms with Gasteiger partial charge in [0.2, 0.25) is 5.95 Å². The highest BCUT2D eigenvalue weighted by Crippen LogP contribution is 2.36. The van der Waals surface area contributed by atoms with Crippen molar-refractivity contribution >= 4 is 29.1 Å². The molecule has 2 aromatic rings. The van der Waals surface area contributed by atoms with Crippen molar-refractivity contribution < 1.29 is 13.2 Å². The first-order valence-corrected chi connectivity index (χ1v) is 7.89. The van der Waals surface area contributed by atoms with Crippen molar-refractivity contribution in [2.24, 2.45) is 0 Å². The van der Waals surface area contributed by atoms with E-state index in [1.807, 2.05) is 0 Å². The molecule has 1 aliphatic carbocycles. The molecule has 0 bridgehead atoms. The maximum atomic E-state index is 12.9. The Balaban J connectivity index is 1.76. The molecule has 9 heteroatoms. The third kappa shape index (κ3) is 4.05. The van der Waals surface area contributed by atoms with Gasteiger partial charge in [0.25, 0.3) is 0 Å². The quantitative estimate of drug-likeness (QED) is 0.834. The normalized spacial score (nSPS) is 15.5. The van der Waals surface area contributed by atoms with Crippen molar-refractivity contribution in [3.63, 3.8) is 0 Å². The largest absolute Gasteiger partial charge is 0.417 e. The van der Waals surface area contributed by atoms with Crippen molar-refractivity contribution in [1.82, 2.24) is 15.2 Å². The first-order chi connectivity index (χ1) is 11.4. The van der Waals surface area contributed by atoms with Gasteiger partial charge in [-0.3, -0.25) is 0 Å². The molecule has 0 unspecified atom stereocenters. The molecule has 0 spiro atoms. The molecular weight excluding hydrogens is 343 g/mol. The topological polar surface area (TPSA) is 62.7 Å². The van der Waals surface area contributed by atoms with Gasteiger partial charge >= 0.3 is 6.18 Å². The molecule has 128 valence electrons. The lowest BCUT2D eigenvalue weighted by Crippen LogP contribution is -2.16. The molecule has 1 fully saturated rings. The van der Waals surface area contributed by atoms with E-state index in [2.05, 4.69) is 25.8 Å². The van der Waals surface area contributed by atoms with Crippen molar-refractivity contribution in [2.75, 3.05) is 10.6 Å². The molecule has 1 aromatic carbocycles. The van der Waals surface area contributed by atoms with E-state index in [-0.39, 0.29) is 16.7 Å². The van der Waals surface area contributed by atoms with Gasteiger partial charge < -0.3 is 10.6 Å². The van der Waals surface area contributed by atoms with Crippen LogP contribution in [0.5, 0.6) is 0 Å². The van der Waals surface area contributed by atoms with E-state index in [9.17, 15) is 13.2 Å². The molecule has 3 rings (SSSR count). The van der Waals surface area contributed by atoms with E-state index in [4.69, 9.17) is 11.6 Å². The van der Waals surface area contributed by atoms with E-state index < -0.39 is 11.7 Å². The molecule has 2 N–H and O–H groups in total. The summed E-state index contributed by atoms with van der Waals surface area (Å²) in [6.45, 7) is 0. The lowest BCUT2D eigenvalue weighted by molar-refractivity contribution is -0.137. The van der Waals surface area contributed by atoms with Crippen LogP contribution in [-0.4, -0.2) is 21.2 Å². The van der Waals surface area contributed by atoms with Crippen molar-refractivity contribution in [1.29, 1.82) is 0 Å². The van der Waals surface area contributed by atoms with Crippen molar-refractivity contribution in [2.45, 2.75) is 37.9 Å². The van der Waals surface area contributed by atoms with Gasteiger partial charge in [-0.25, -0.2) is 0 Å². The molecule has 0 aliphatic heterocycles. The van der Waals surface area contributed by atoms with Crippen LogP contribution in [0.25, 0.3) is 0 Å². The first kappa shape index (κ1) is 16.8. The summed E-state index contributed by atoms with van der Waals surface area (Å²) in [6, 6.07) is 3.88. The second-order valence-electron chi connectivity index (χ2n) is 5.61. The average molecular weight is 358 g/mol. The van der Waals surface area contributed by atoms with Crippen molar-refractivity contribution in [3.8, 4) is 0 Å². The first-order valence-electron chi connectivity index (χ1n) is 7.52. The molecule has 24 heavy (non-hydrogen) atoms. The fraction of sp³-hybridized carbons (Fsp3) is 0.400. The lowest BCUT2D eigenvalue weighted by Gasteiger charge is -2.13. The molecular formula is C15H15ClF3N5. The highest BCUT2D eigenvalue weighted by molar-refractivity contribution is 6.31. The van der Waals surface area contributed by atoms with Crippen LogP contribution in [0, 0.1) is 0 Å². The zero-order valence-electron chi connectivity index (χ0n) is 12.6. The predicted molar refractivity (Wildman–Crippen MR) is 85.4 cm³/mol. The second-order valence-corrected chi connectivity index (χ2v) is 6.02. The zero-order valence-corrected chi connectivity index (χ0v) is 13.3. The van der Waals surface area contributed by atoms with Crippen LogP contribution in [0.15, 0.2) is 24.4 Å². The molecule has 0 saturated heterocycles. The van der Waals surface area contributed by atoms with Gasteiger partial charge in [-0.05, 0) is 31.0 Å². The van der Waals surface area contributed by atoms with Gasteiger partial charge in [0, 0.05) is 11.7 Å². The van der Waals surface area contributed by atoms with E-state index in [0.717, 1.165) is 18.9 Å². The Kier molecular flexibility index (Phi) is 4.75. The van der Waals surface area contributed by atoms with Crippen LogP contribution in [0.4, 0.5) is 30.6 Å². The molecule has 1 aromatic heterocycles. The molecule has 1 saturated carbocycles. The molecule has 1 aliphatic rings. The molecule has 0 radical (unpaired) electrons. The third-order valence-electron chi connectivity index (χ3n) is 3.79. The zero-order chi connectivity index (χ0) is 17.2. The Morgan fingerprint density at radius 1 is 1.17 bits per heavy atom. The number of hydrogen-bond donors (Lipinski definition) is 2. The van der Waals surface area contributed by atoms with E-state index >= 15 is 0 Å². The average Bonchev–Trinajstić information content (AvgIpc) is 3.01. The smallest absolute Gasteiger partial charge is 0.366 e. The minimum Gasteiger partial charge on any atom is -0.366 e. The van der Waals surface area contributed by atoms with Gasteiger partial charge in [-0.1, -0.05) is 24.4 Å². The summed E-state index contributed by atoms with van der Waals surface area (Å²) < 4.78 is 38.7. The molecule has 1 heterocycles. The number of nitrogens with one attached hydrogen (secondary N) is 2. The standard InChI is InChI=1S/C15H15ClF3N5/c16-12-6-5-10(7-11(12)15(17,18)19)22-14-23-13(8-20-24-14)21-9-3-1-2-4-9/h5-9H,1-4H2,(H2,21,22,23,24). The summed E-state index contributed by atoms with van der Waals surface area (Å²) in [5.41, 5.74) is -0.728. The molecule has 0 amide bonds. The molecule has 0 atom stereocenters. The van der Waals surface area contributed by atoms with Crippen molar-refractivity contribution in [3.05, 3.63) is 35.0 Å². The lowest BCUT2D eigenvalue weighted by atomic mass is 10.2. The van der Waals surface area contributed by atoms with E-state index in [1.54, 1.807) is 0 Å². The molecule has 5 nitrogen and oxygen atoms in total. The number of rotatable bonds is 4. The summed E-state index contributed by atoms with van der Waals surface area (Å²) in [5, 5.41) is 13.2. The van der Waals surface area contributed by atoms with Gasteiger partial charge in [0.05, 0.1) is 16.8 Å². The number of halogens is 4. The number of aromatic nitrogens is 3. The summed E-state index contributed by atoms with van der Waals surface area (Å²) in [7, 11) is 0. The summed E-state index contributed by atoms with van der Waals surface area (Å²) >= 11 is 5.60. The van der Waals surface area contributed by atoms with Crippen LogP contribution < -0.4 is 10.6 Å². The number of alkyl halides is 3. The highest BCUT2D eigenvalue weighted by atomic mass is 35.5. The van der Waals surface area contributed by atoms with Gasteiger partial charge in [-0.2, -0.15) is 23.3 Å². The maximum absolute atomic E-state index is 12.9. The fourth-order valence-corrected chi connectivity index (χ4v) is 2.88. The van der Waals surface area contributed by atoms with E-state index in [0.29, 0.717) is 11.9 Å². The number of benzene rings is 1. The second kappa shape index (κ2) is 6.80. The fourth-order valence-electron chi connectivity index (χ4n) is 2.65. The number of nitrogens with zero attached hydrogens (tertiary/aromatic N) is 3. The predicted octanol–water partition coefficient (Wildman–Crippen LogP) is 4.64. The summed E-state index contributed by atoms with van der Waals surface area (Å²) in [6.07, 6.45) is 1.45. The number of anilines is 3. The summed E-state index contributed by atoms with van der Waals surface area (Å²) in [5.74, 6) is 0.665. The number of hydrogen-bond acceptors (Lipinski definition) is 5. The monoisotopic (exact) mass is 357 g/mol. The third-order valence-corrected chi connectivity index (χ3v) is 4.12. The highest BCUT2D eigenvalue weighted by Gasteiger charge is 2.33.